The smallest absolute Gasteiger partial charge is 0.170 e. The van der Waals surface area contributed by atoms with E-state index < -0.39 is 0 Å². The van der Waals surface area contributed by atoms with Gasteiger partial charge in [0.25, 0.3) is 0 Å². The van der Waals surface area contributed by atoms with Crippen LogP contribution >= 0.6 is 23.3 Å². The minimum atomic E-state index is 0.706. The molecule has 13 heavy (non-hydrogen) atoms. The fourth-order valence-electron chi connectivity index (χ4n) is 1.30. The number of aryl methyl sites for hydroxylation is 1. The van der Waals surface area contributed by atoms with Crippen molar-refractivity contribution in [2.75, 3.05) is 13.1 Å². The van der Waals surface area contributed by atoms with Crippen LogP contribution in [0.2, 0.25) is 0 Å². The number of rotatable bonds is 3. The van der Waals surface area contributed by atoms with Gasteiger partial charge in [0, 0.05) is 18.2 Å². The molecule has 1 aromatic heterocycles. The SMILES string of the molecule is CCc1nsc(SC2CCNC2)n1. The third-order valence-corrected chi connectivity index (χ3v) is 4.14. The van der Waals surface area contributed by atoms with Gasteiger partial charge in [0.2, 0.25) is 0 Å². The highest BCUT2D eigenvalue weighted by atomic mass is 32.2. The minimum absolute atomic E-state index is 0.706. The molecule has 1 atom stereocenters. The largest absolute Gasteiger partial charge is 0.316 e. The van der Waals surface area contributed by atoms with E-state index in [-0.39, 0.29) is 0 Å². The second-order valence-electron chi connectivity index (χ2n) is 3.06. The molecule has 0 bridgehead atoms. The fourth-order valence-corrected chi connectivity index (χ4v) is 3.37. The lowest BCUT2D eigenvalue weighted by atomic mass is 10.4. The van der Waals surface area contributed by atoms with Crippen LogP contribution in [0.1, 0.15) is 19.2 Å². The maximum atomic E-state index is 4.43. The number of nitrogens with one attached hydrogen (secondary N) is 1. The Morgan fingerprint density at radius 3 is 3.23 bits per heavy atom. The van der Waals surface area contributed by atoms with Crippen LogP contribution in [-0.2, 0) is 6.42 Å². The minimum Gasteiger partial charge on any atom is -0.316 e. The standard InChI is InChI=1S/C8H13N3S2/c1-2-7-10-8(13-11-7)12-6-3-4-9-5-6/h6,9H,2-5H2,1H3. The molecule has 1 aliphatic heterocycles. The molecule has 0 saturated carbocycles. The average molecular weight is 215 g/mol. The van der Waals surface area contributed by atoms with E-state index in [1.807, 2.05) is 11.8 Å². The molecule has 0 amide bonds. The van der Waals surface area contributed by atoms with Crippen LogP contribution < -0.4 is 5.32 Å². The van der Waals surface area contributed by atoms with Crippen molar-refractivity contribution in [2.45, 2.75) is 29.4 Å². The molecule has 1 aliphatic rings. The number of hydrogen-bond donors (Lipinski definition) is 1. The van der Waals surface area contributed by atoms with Crippen LogP contribution in [0.15, 0.2) is 4.34 Å². The van der Waals surface area contributed by atoms with Gasteiger partial charge in [0.1, 0.15) is 5.82 Å². The lowest BCUT2D eigenvalue weighted by molar-refractivity contribution is 0.858. The molecule has 3 nitrogen and oxygen atoms in total. The summed E-state index contributed by atoms with van der Waals surface area (Å²) in [6.45, 7) is 4.36. The van der Waals surface area contributed by atoms with Gasteiger partial charge in [0.05, 0.1) is 0 Å². The molecular formula is C8H13N3S2. The summed E-state index contributed by atoms with van der Waals surface area (Å²) >= 11 is 3.40. The molecule has 1 aromatic rings. The van der Waals surface area contributed by atoms with Crippen molar-refractivity contribution < 1.29 is 0 Å². The second kappa shape index (κ2) is 4.39. The van der Waals surface area contributed by atoms with E-state index in [9.17, 15) is 0 Å². The van der Waals surface area contributed by atoms with Gasteiger partial charge < -0.3 is 5.32 Å². The van der Waals surface area contributed by atoms with Crippen molar-refractivity contribution in [1.29, 1.82) is 0 Å². The Morgan fingerprint density at radius 1 is 1.69 bits per heavy atom. The summed E-state index contributed by atoms with van der Waals surface area (Å²) in [5, 5.41) is 4.06. The molecule has 72 valence electrons. The first-order valence-electron chi connectivity index (χ1n) is 4.58. The maximum absolute atomic E-state index is 4.43. The van der Waals surface area contributed by atoms with E-state index in [0.29, 0.717) is 5.25 Å². The van der Waals surface area contributed by atoms with Gasteiger partial charge in [0.15, 0.2) is 4.34 Å². The molecular weight excluding hydrogens is 202 g/mol. The number of aromatic nitrogens is 2. The lowest BCUT2D eigenvalue weighted by Crippen LogP contribution is -2.09. The molecule has 0 radical (unpaired) electrons. The van der Waals surface area contributed by atoms with E-state index in [4.69, 9.17) is 0 Å². The van der Waals surface area contributed by atoms with E-state index in [2.05, 4.69) is 21.6 Å². The van der Waals surface area contributed by atoms with Crippen molar-refractivity contribution in [1.82, 2.24) is 14.7 Å². The Hall–Kier alpha value is -0.130. The molecule has 1 fully saturated rings. The van der Waals surface area contributed by atoms with Crippen molar-refractivity contribution in [3.05, 3.63) is 5.82 Å². The summed E-state index contributed by atoms with van der Waals surface area (Å²) in [6, 6.07) is 0. The Morgan fingerprint density at radius 2 is 2.62 bits per heavy atom. The summed E-state index contributed by atoms with van der Waals surface area (Å²) in [6.07, 6.45) is 2.20. The van der Waals surface area contributed by atoms with E-state index in [1.165, 1.54) is 18.0 Å². The van der Waals surface area contributed by atoms with Crippen molar-refractivity contribution >= 4 is 23.3 Å². The first kappa shape index (κ1) is 9.43. The van der Waals surface area contributed by atoms with E-state index in [1.54, 1.807) is 0 Å². The molecule has 2 rings (SSSR count). The fraction of sp³-hybridized carbons (Fsp3) is 0.750. The van der Waals surface area contributed by atoms with Gasteiger partial charge in [-0.25, -0.2) is 4.98 Å². The highest BCUT2D eigenvalue weighted by Crippen LogP contribution is 2.28. The zero-order valence-electron chi connectivity index (χ0n) is 7.62. The average Bonchev–Trinajstić information content (AvgIpc) is 2.76. The Labute approximate surface area is 86.5 Å². The van der Waals surface area contributed by atoms with Crippen molar-refractivity contribution in [3.63, 3.8) is 0 Å². The van der Waals surface area contributed by atoms with Gasteiger partial charge in [-0.2, -0.15) is 4.37 Å². The van der Waals surface area contributed by atoms with Gasteiger partial charge in [-0.3, -0.25) is 0 Å². The third kappa shape index (κ3) is 2.42. The van der Waals surface area contributed by atoms with Gasteiger partial charge in [-0.05, 0) is 24.5 Å². The quantitative estimate of drug-likeness (QED) is 0.830. The molecule has 1 unspecified atom stereocenters. The zero-order valence-corrected chi connectivity index (χ0v) is 9.25. The zero-order chi connectivity index (χ0) is 9.10. The van der Waals surface area contributed by atoms with Crippen LogP contribution in [0.25, 0.3) is 0 Å². The maximum Gasteiger partial charge on any atom is 0.170 e. The Balaban J connectivity index is 1.92. The topological polar surface area (TPSA) is 37.8 Å². The monoisotopic (exact) mass is 215 g/mol. The normalized spacial score (nSPS) is 22.4. The van der Waals surface area contributed by atoms with E-state index in [0.717, 1.165) is 29.7 Å². The van der Waals surface area contributed by atoms with E-state index >= 15 is 0 Å². The first-order valence-corrected chi connectivity index (χ1v) is 6.23. The van der Waals surface area contributed by atoms with Gasteiger partial charge >= 0.3 is 0 Å². The summed E-state index contributed by atoms with van der Waals surface area (Å²) in [5.41, 5.74) is 0. The molecule has 0 aromatic carbocycles. The molecule has 5 heteroatoms. The summed E-state index contributed by atoms with van der Waals surface area (Å²) in [7, 11) is 0. The summed E-state index contributed by atoms with van der Waals surface area (Å²) in [5.74, 6) is 0.985. The van der Waals surface area contributed by atoms with Crippen LogP contribution in [-0.4, -0.2) is 27.7 Å². The predicted octanol–water partition coefficient (Wildman–Crippen LogP) is 1.55. The third-order valence-electron chi connectivity index (χ3n) is 2.05. The van der Waals surface area contributed by atoms with Crippen LogP contribution in [0.5, 0.6) is 0 Å². The summed E-state index contributed by atoms with van der Waals surface area (Å²) in [4.78, 5) is 4.43. The number of thioether (sulfide) groups is 1. The Kier molecular flexibility index (Phi) is 3.18. The first-order chi connectivity index (χ1) is 6.38. The van der Waals surface area contributed by atoms with Gasteiger partial charge in [-0.15, -0.1) is 0 Å². The van der Waals surface area contributed by atoms with Gasteiger partial charge in [-0.1, -0.05) is 18.7 Å². The van der Waals surface area contributed by atoms with Crippen molar-refractivity contribution in [2.24, 2.45) is 0 Å². The molecule has 1 saturated heterocycles. The molecule has 2 heterocycles. The summed E-state index contributed by atoms with van der Waals surface area (Å²) < 4.78 is 5.40. The highest BCUT2D eigenvalue weighted by molar-refractivity contribution is 8.01. The Bertz CT molecular complexity index is 268. The lowest BCUT2D eigenvalue weighted by Gasteiger charge is -2.02. The predicted molar refractivity (Wildman–Crippen MR) is 56.4 cm³/mol. The number of nitrogens with zero attached hydrogens (tertiary/aromatic N) is 2. The molecule has 0 aliphatic carbocycles. The van der Waals surface area contributed by atoms with Crippen LogP contribution in [0.4, 0.5) is 0 Å². The van der Waals surface area contributed by atoms with Crippen molar-refractivity contribution in [3.8, 4) is 0 Å². The second-order valence-corrected chi connectivity index (χ2v) is 5.36. The number of hydrogen-bond acceptors (Lipinski definition) is 5. The molecule has 1 N–H and O–H groups in total. The van der Waals surface area contributed by atoms with Crippen LogP contribution in [0.3, 0.4) is 0 Å². The highest BCUT2D eigenvalue weighted by Gasteiger charge is 2.17. The molecule has 0 spiro atoms. The van der Waals surface area contributed by atoms with Crippen LogP contribution in [0, 0.1) is 0 Å².